The van der Waals surface area contributed by atoms with Gasteiger partial charge in [0, 0.05) is 36.9 Å². The van der Waals surface area contributed by atoms with E-state index in [9.17, 15) is 17.6 Å². The molecular weight excluding hydrogens is 433 g/mol. The number of halogens is 1. The lowest BCUT2D eigenvalue weighted by Crippen LogP contribution is -2.38. The van der Waals surface area contributed by atoms with Gasteiger partial charge in [-0.25, -0.2) is 17.8 Å². The third-order valence-corrected chi connectivity index (χ3v) is 7.65. The molecule has 0 saturated carbocycles. The zero-order valence-electron chi connectivity index (χ0n) is 18.1. The van der Waals surface area contributed by atoms with E-state index in [1.54, 1.807) is 6.20 Å². The fraction of sp³-hybridized carbons (Fsp3) is 0.391. The van der Waals surface area contributed by atoms with Crippen molar-refractivity contribution in [3.8, 4) is 5.75 Å². The van der Waals surface area contributed by atoms with Gasteiger partial charge in [0.1, 0.15) is 28.4 Å². The number of benzene rings is 1. The third kappa shape index (κ3) is 4.27. The van der Waals surface area contributed by atoms with Gasteiger partial charge in [-0.1, -0.05) is 0 Å². The first-order valence-electron chi connectivity index (χ1n) is 10.6. The summed E-state index contributed by atoms with van der Waals surface area (Å²) in [5, 5.41) is 0.974. The summed E-state index contributed by atoms with van der Waals surface area (Å²) in [6, 6.07) is 7.70. The quantitative estimate of drug-likeness (QED) is 0.503. The van der Waals surface area contributed by atoms with Crippen molar-refractivity contribution < 1.29 is 22.3 Å². The summed E-state index contributed by atoms with van der Waals surface area (Å²) in [5.41, 5.74) is 1.81. The van der Waals surface area contributed by atoms with E-state index in [1.807, 2.05) is 36.7 Å². The number of fused-ring (bicyclic) bond motifs is 1. The van der Waals surface area contributed by atoms with E-state index in [-0.39, 0.29) is 36.6 Å². The fourth-order valence-electron chi connectivity index (χ4n) is 4.28. The molecule has 170 valence electrons. The maximum Gasteiger partial charge on any atom is 0.245 e. The minimum atomic E-state index is -3.95. The molecule has 0 amide bonds. The number of rotatable bonds is 7. The number of nitrogens with zero attached hydrogens (tertiary/aromatic N) is 3. The number of hydrogen-bond acceptors (Lipinski definition) is 5. The first-order valence-corrected chi connectivity index (χ1v) is 12.1. The number of sulfonamides is 1. The van der Waals surface area contributed by atoms with Crippen LogP contribution in [0, 0.1) is 5.82 Å². The van der Waals surface area contributed by atoms with Crippen LogP contribution in [0.25, 0.3) is 11.0 Å². The highest BCUT2D eigenvalue weighted by Gasteiger charge is 2.33. The largest absolute Gasteiger partial charge is 0.491 e. The van der Waals surface area contributed by atoms with Crippen LogP contribution in [0.5, 0.6) is 5.75 Å². The molecule has 1 fully saturated rings. The number of aromatic nitrogens is 2. The maximum atomic E-state index is 14.6. The minimum Gasteiger partial charge on any atom is -0.491 e. The molecule has 0 bridgehead atoms. The van der Waals surface area contributed by atoms with Gasteiger partial charge >= 0.3 is 0 Å². The van der Waals surface area contributed by atoms with E-state index in [4.69, 9.17) is 4.74 Å². The van der Waals surface area contributed by atoms with Crippen LogP contribution in [0.1, 0.15) is 38.2 Å². The van der Waals surface area contributed by atoms with Crippen LogP contribution in [-0.4, -0.2) is 47.8 Å². The standard InChI is InChI=1S/C23H26FN3O4S/c1-16(2)31-18-5-6-22(21(24)14-18)32(29,30)27-10-7-17(8-11-27)20-15-26(12-13-28)23-19(20)4-3-9-25-23/h3-6,9,13-17H,7-8,10-12H2,1-2H3. The minimum absolute atomic E-state index is 0.132. The number of piperidine rings is 1. The van der Waals surface area contributed by atoms with Crippen molar-refractivity contribution in [2.45, 2.75) is 50.2 Å². The summed E-state index contributed by atoms with van der Waals surface area (Å²) in [6.07, 6.45) is 5.53. The highest BCUT2D eigenvalue weighted by atomic mass is 32.2. The molecule has 1 aromatic carbocycles. The molecule has 7 nitrogen and oxygen atoms in total. The van der Waals surface area contributed by atoms with Crippen LogP contribution < -0.4 is 4.74 Å². The normalized spacial score (nSPS) is 16.0. The Balaban J connectivity index is 1.53. The molecule has 0 spiro atoms. The second-order valence-electron chi connectivity index (χ2n) is 8.22. The van der Waals surface area contributed by atoms with Gasteiger partial charge in [0.15, 0.2) is 0 Å². The molecule has 9 heteroatoms. The summed E-state index contributed by atoms with van der Waals surface area (Å²) in [6.45, 7) is 4.43. The molecule has 3 heterocycles. The molecule has 3 aromatic rings. The monoisotopic (exact) mass is 459 g/mol. The van der Waals surface area contributed by atoms with Crippen molar-refractivity contribution in [3.63, 3.8) is 0 Å². The van der Waals surface area contributed by atoms with Gasteiger partial charge in [-0.05, 0) is 62.4 Å². The Morgan fingerprint density at radius 3 is 2.66 bits per heavy atom. The fourth-order valence-corrected chi connectivity index (χ4v) is 5.79. The van der Waals surface area contributed by atoms with Crippen LogP contribution >= 0.6 is 0 Å². The molecule has 0 unspecified atom stereocenters. The average Bonchev–Trinajstić information content (AvgIpc) is 3.12. The van der Waals surface area contributed by atoms with Gasteiger partial charge in [0.05, 0.1) is 12.6 Å². The Morgan fingerprint density at radius 2 is 2.00 bits per heavy atom. The van der Waals surface area contributed by atoms with Crippen molar-refractivity contribution >= 4 is 27.3 Å². The lowest BCUT2D eigenvalue weighted by Gasteiger charge is -2.31. The molecule has 2 aromatic heterocycles. The second kappa shape index (κ2) is 8.99. The van der Waals surface area contributed by atoms with Gasteiger partial charge < -0.3 is 14.1 Å². The topological polar surface area (TPSA) is 81.5 Å². The van der Waals surface area contributed by atoms with Crippen LogP contribution in [-0.2, 0) is 21.4 Å². The third-order valence-electron chi connectivity index (χ3n) is 5.72. The SMILES string of the molecule is CC(C)Oc1ccc(S(=O)(=O)N2CCC(c3cn(CC=O)c4ncccc34)CC2)c(F)c1. The Morgan fingerprint density at radius 1 is 1.25 bits per heavy atom. The van der Waals surface area contributed by atoms with Gasteiger partial charge in [-0.15, -0.1) is 0 Å². The van der Waals surface area contributed by atoms with Gasteiger partial charge in [-0.2, -0.15) is 4.31 Å². The molecular formula is C23H26FN3O4S. The van der Waals surface area contributed by atoms with E-state index in [2.05, 4.69) is 4.98 Å². The number of pyridine rings is 1. The van der Waals surface area contributed by atoms with Crippen molar-refractivity contribution in [1.29, 1.82) is 0 Å². The zero-order chi connectivity index (χ0) is 22.9. The first kappa shape index (κ1) is 22.4. The lowest BCUT2D eigenvalue weighted by atomic mass is 9.90. The molecule has 1 aliphatic heterocycles. The zero-order valence-corrected chi connectivity index (χ0v) is 18.9. The Kier molecular flexibility index (Phi) is 6.30. The summed E-state index contributed by atoms with van der Waals surface area (Å²) in [7, 11) is -3.95. The van der Waals surface area contributed by atoms with E-state index < -0.39 is 15.8 Å². The number of ether oxygens (including phenoxy) is 1. The van der Waals surface area contributed by atoms with E-state index in [0.29, 0.717) is 18.6 Å². The molecule has 32 heavy (non-hydrogen) atoms. The number of carbonyl (C=O) groups is 1. The lowest BCUT2D eigenvalue weighted by molar-refractivity contribution is -0.108. The smallest absolute Gasteiger partial charge is 0.245 e. The summed E-state index contributed by atoms with van der Waals surface area (Å²) in [5.74, 6) is -0.378. The molecule has 1 saturated heterocycles. The van der Waals surface area contributed by atoms with Crippen molar-refractivity contribution in [2.75, 3.05) is 13.1 Å². The molecule has 1 aliphatic rings. The average molecular weight is 460 g/mol. The van der Waals surface area contributed by atoms with E-state index in [0.717, 1.165) is 28.9 Å². The second-order valence-corrected chi connectivity index (χ2v) is 10.1. The summed E-state index contributed by atoms with van der Waals surface area (Å²) >= 11 is 0. The molecule has 0 aliphatic carbocycles. The van der Waals surface area contributed by atoms with E-state index >= 15 is 0 Å². The number of aldehydes is 1. The Hall–Kier alpha value is -2.78. The number of carbonyl (C=O) groups excluding carboxylic acids is 1. The van der Waals surface area contributed by atoms with Crippen LogP contribution in [0.3, 0.4) is 0 Å². The first-order chi connectivity index (χ1) is 15.3. The van der Waals surface area contributed by atoms with Crippen LogP contribution in [0.15, 0.2) is 47.6 Å². The predicted octanol–water partition coefficient (Wildman–Crippen LogP) is 3.73. The predicted molar refractivity (Wildman–Crippen MR) is 119 cm³/mol. The van der Waals surface area contributed by atoms with Gasteiger partial charge in [0.2, 0.25) is 10.0 Å². The van der Waals surface area contributed by atoms with Crippen molar-refractivity contribution in [2.24, 2.45) is 0 Å². The van der Waals surface area contributed by atoms with Crippen LogP contribution in [0.4, 0.5) is 4.39 Å². The van der Waals surface area contributed by atoms with Crippen molar-refractivity contribution in [3.05, 3.63) is 54.1 Å². The number of hydrogen-bond donors (Lipinski definition) is 0. The molecule has 4 rings (SSSR count). The van der Waals surface area contributed by atoms with Crippen LogP contribution in [0.2, 0.25) is 0 Å². The Bertz CT molecular complexity index is 1230. The summed E-state index contributed by atoms with van der Waals surface area (Å²) in [4.78, 5) is 15.1. The van der Waals surface area contributed by atoms with Gasteiger partial charge in [-0.3, -0.25) is 0 Å². The molecule has 0 radical (unpaired) electrons. The molecule has 0 atom stereocenters. The molecule has 0 N–H and O–H groups in total. The Labute approximate surface area is 186 Å². The highest BCUT2D eigenvalue weighted by molar-refractivity contribution is 7.89. The maximum absolute atomic E-state index is 14.6. The van der Waals surface area contributed by atoms with E-state index in [1.165, 1.54) is 16.4 Å². The van der Waals surface area contributed by atoms with Gasteiger partial charge in [0.25, 0.3) is 0 Å². The van der Waals surface area contributed by atoms with Crippen molar-refractivity contribution in [1.82, 2.24) is 13.9 Å². The highest BCUT2D eigenvalue weighted by Crippen LogP contribution is 2.35. The summed E-state index contributed by atoms with van der Waals surface area (Å²) < 4.78 is 49.4.